The fourth-order valence-electron chi connectivity index (χ4n) is 2.27. The lowest BCUT2D eigenvalue weighted by Crippen LogP contribution is -2.12. The molecule has 0 bridgehead atoms. The van der Waals surface area contributed by atoms with Crippen molar-refractivity contribution in [2.45, 2.75) is 13.0 Å². The maximum Gasteiger partial charge on any atom is 0.149 e. The van der Waals surface area contributed by atoms with E-state index in [0.717, 1.165) is 16.5 Å². The van der Waals surface area contributed by atoms with Crippen LogP contribution in [0.2, 0.25) is 0 Å². The van der Waals surface area contributed by atoms with E-state index >= 15 is 0 Å². The van der Waals surface area contributed by atoms with Crippen molar-refractivity contribution >= 4 is 10.9 Å². The van der Waals surface area contributed by atoms with Crippen molar-refractivity contribution in [3.05, 3.63) is 60.0 Å². The number of nitrogens with zero attached hydrogens (tertiary/aromatic N) is 2. The van der Waals surface area contributed by atoms with Gasteiger partial charge in [-0.15, -0.1) is 0 Å². The SMILES string of the molecule is CC(N)c1cccc(F)c1-n1ncc2ccccc21. The van der Waals surface area contributed by atoms with Crippen LogP contribution in [0.4, 0.5) is 4.39 Å². The normalized spacial score (nSPS) is 12.8. The largest absolute Gasteiger partial charge is 0.324 e. The average molecular weight is 255 g/mol. The van der Waals surface area contributed by atoms with Gasteiger partial charge in [-0.25, -0.2) is 9.07 Å². The van der Waals surface area contributed by atoms with Gasteiger partial charge in [-0.1, -0.05) is 30.3 Å². The van der Waals surface area contributed by atoms with Crippen LogP contribution >= 0.6 is 0 Å². The lowest BCUT2D eigenvalue weighted by molar-refractivity contribution is 0.605. The molecule has 0 amide bonds. The van der Waals surface area contributed by atoms with Crippen molar-refractivity contribution in [1.82, 2.24) is 9.78 Å². The molecule has 0 aliphatic carbocycles. The van der Waals surface area contributed by atoms with E-state index in [2.05, 4.69) is 5.10 Å². The van der Waals surface area contributed by atoms with E-state index in [9.17, 15) is 4.39 Å². The first kappa shape index (κ1) is 11.9. The molecule has 0 fully saturated rings. The van der Waals surface area contributed by atoms with Crippen LogP contribution in [0, 0.1) is 5.82 Å². The molecule has 1 atom stereocenters. The second kappa shape index (κ2) is 4.48. The van der Waals surface area contributed by atoms with Crippen LogP contribution < -0.4 is 5.73 Å². The Hall–Kier alpha value is -2.20. The Balaban J connectivity index is 2.33. The summed E-state index contributed by atoms with van der Waals surface area (Å²) in [5.41, 5.74) is 7.97. The Morgan fingerprint density at radius 1 is 1.16 bits per heavy atom. The molecule has 1 aromatic heterocycles. The first-order chi connectivity index (χ1) is 9.18. The molecular weight excluding hydrogens is 241 g/mol. The Morgan fingerprint density at radius 3 is 2.74 bits per heavy atom. The molecule has 2 N–H and O–H groups in total. The van der Waals surface area contributed by atoms with E-state index < -0.39 is 0 Å². The summed E-state index contributed by atoms with van der Waals surface area (Å²) in [6, 6.07) is 12.4. The van der Waals surface area contributed by atoms with Crippen LogP contribution in [0.25, 0.3) is 16.6 Å². The molecule has 0 radical (unpaired) electrons. The summed E-state index contributed by atoms with van der Waals surface area (Å²) in [6.45, 7) is 1.84. The molecule has 0 saturated heterocycles. The van der Waals surface area contributed by atoms with Gasteiger partial charge in [0.15, 0.2) is 0 Å². The van der Waals surface area contributed by atoms with Crippen molar-refractivity contribution in [1.29, 1.82) is 0 Å². The minimum Gasteiger partial charge on any atom is -0.324 e. The first-order valence-electron chi connectivity index (χ1n) is 6.15. The summed E-state index contributed by atoms with van der Waals surface area (Å²) >= 11 is 0. The van der Waals surface area contributed by atoms with E-state index in [1.165, 1.54) is 6.07 Å². The highest BCUT2D eigenvalue weighted by Crippen LogP contribution is 2.26. The van der Waals surface area contributed by atoms with Gasteiger partial charge >= 0.3 is 0 Å². The first-order valence-corrected chi connectivity index (χ1v) is 6.15. The molecule has 1 heterocycles. The van der Waals surface area contributed by atoms with E-state index in [1.54, 1.807) is 16.9 Å². The van der Waals surface area contributed by atoms with Gasteiger partial charge < -0.3 is 5.73 Å². The molecular formula is C15H14FN3. The van der Waals surface area contributed by atoms with Crippen molar-refractivity contribution in [3.8, 4) is 5.69 Å². The highest BCUT2D eigenvalue weighted by molar-refractivity contribution is 5.80. The number of hydrogen-bond donors (Lipinski definition) is 1. The standard InChI is InChI=1S/C15H14FN3/c1-10(17)12-6-4-7-13(16)15(12)19-14-8-3-2-5-11(14)9-18-19/h2-10H,17H2,1H3. The molecule has 0 aliphatic heterocycles. The summed E-state index contributed by atoms with van der Waals surface area (Å²) in [7, 11) is 0. The Labute approximate surface area is 110 Å². The second-order valence-electron chi connectivity index (χ2n) is 4.58. The monoisotopic (exact) mass is 255 g/mol. The van der Waals surface area contributed by atoms with E-state index in [4.69, 9.17) is 5.73 Å². The minimum atomic E-state index is -0.316. The van der Waals surface area contributed by atoms with Crippen LogP contribution in [-0.4, -0.2) is 9.78 Å². The van der Waals surface area contributed by atoms with Gasteiger partial charge in [0.25, 0.3) is 0 Å². The maximum atomic E-state index is 14.2. The lowest BCUT2D eigenvalue weighted by Gasteiger charge is -2.14. The molecule has 1 unspecified atom stereocenters. The Kier molecular flexibility index (Phi) is 2.80. The van der Waals surface area contributed by atoms with Gasteiger partial charge in [0.05, 0.1) is 11.7 Å². The third-order valence-electron chi connectivity index (χ3n) is 3.20. The molecule has 3 nitrogen and oxygen atoms in total. The molecule has 2 aromatic carbocycles. The average Bonchev–Trinajstić information content (AvgIpc) is 2.82. The Morgan fingerprint density at radius 2 is 1.95 bits per heavy atom. The number of fused-ring (bicyclic) bond motifs is 1. The Bertz CT molecular complexity index is 731. The zero-order valence-corrected chi connectivity index (χ0v) is 10.5. The maximum absolute atomic E-state index is 14.2. The summed E-state index contributed by atoms with van der Waals surface area (Å²) in [5, 5.41) is 5.26. The molecule has 0 aliphatic rings. The molecule has 3 aromatic rings. The lowest BCUT2D eigenvalue weighted by atomic mass is 10.1. The third-order valence-corrected chi connectivity index (χ3v) is 3.20. The van der Waals surface area contributed by atoms with E-state index in [0.29, 0.717) is 5.69 Å². The van der Waals surface area contributed by atoms with Crippen molar-refractivity contribution in [3.63, 3.8) is 0 Å². The van der Waals surface area contributed by atoms with Gasteiger partial charge in [0.2, 0.25) is 0 Å². The molecule has 3 rings (SSSR count). The molecule has 0 saturated carbocycles. The second-order valence-corrected chi connectivity index (χ2v) is 4.58. The predicted molar refractivity (Wildman–Crippen MR) is 73.6 cm³/mol. The van der Waals surface area contributed by atoms with Gasteiger partial charge in [0.1, 0.15) is 11.5 Å². The van der Waals surface area contributed by atoms with Crippen molar-refractivity contribution < 1.29 is 4.39 Å². The van der Waals surface area contributed by atoms with Gasteiger partial charge in [0, 0.05) is 11.4 Å². The quantitative estimate of drug-likeness (QED) is 0.764. The zero-order chi connectivity index (χ0) is 13.4. The fraction of sp³-hybridized carbons (Fsp3) is 0.133. The van der Waals surface area contributed by atoms with Gasteiger partial charge in [-0.2, -0.15) is 5.10 Å². The fourth-order valence-corrected chi connectivity index (χ4v) is 2.27. The van der Waals surface area contributed by atoms with E-state index in [1.807, 2.05) is 37.3 Å². The highest BCUT2D eigenvalue weighted by atomic mass is 19.1. The topological polar surface area (TPSA) is 43.8 Å². The summed E-state index contributed by atoms with van der Waals surface area (Å²) in [4.78, 5) is 0. The van der Waals surface area contributed by atoms with Crippen LogP contribution in [0.3, 0.4) is 0 Å². The summed E-state index contributed by atoms with van der Waals surface area (Å²) in [5.74, 6) is -0.316. The molecule has 19 heavy (non-hydrogen) atoms. The number of aromatic nitrogens is 2. The smallest absolute Gasteiger partial charge is 0.149 e. The molecule has 4 heteroatoms. The van der Waals surface area contributed by atoms with Crippen LogP contribution in [0.5, 0.6) is 0 Å². The van der Waals surface area contributed by atoms with Crippen molar-refractivity contribution in [2.75, 3.05) is 0 Å². The molecule has 0 spiro atoms. The number of halogens is 1. The van der Waals surface area contributed by atoms with E-state index in [-0.39, 0.29) is 11.9 Å². The number of hydrogen-bond acceptors (Lipinski definition) is 2. The molecule has 96 valence electrons. The third kappa shape index (κ3) is 1.90. The number of benzene rings is 2. The summed E-state index contributed by atoms with van der Waals surface area (Å²) in [6.07, 6.45) is 1.73. The van der Waals surface area contributed by atoms with Gasteiger partial charge in [-0.05, 0) is 24.6 Å². The summed E-state index contributed by atoms with van der Waals surface area (Å²) < 4.78 is 15.8. The van der Waals surface area contributed by atoms with Crippen LogP contribution in [0.1, 0.15) is 18.5 Å². The zero-order valence-electron chi connectivity index (χ0n) is 10.5. The number of para-hydroxylation sites is 2. The number of rotatable bonds is 2. The predicted octanol–water partition coefficient (Wildman–Crippen LogP) is 3.18. The highest BCUT2D eigenvalue weighted by Gasteiger charge is 2.15. The number of nitrogens with two attached hydrogens (primary N) is 1. The van der Waals surface area contributed by atoms with Crippen LogP contribution in [-0.2, 0) is 0 Å². The van der Waals surface area contributed by atoms with Crippen LogP contribution in [0.15, 0.2) is 48.7 Å². The minimum absolute atomic E-state index is 0.256. The van der Waals surface area contributed by atoms with Crippen molar-refractivity contribution in [2.24, 2.45) is 5.73 Å². The van der Waals surface area contributed by atoms with Gasteiger partial charge in [-0.3, -0.25) is 0 Å².